The van der Waals surface area contributed by atoms with Gasteiger partial charge in [0.05, 0.1) is 0 Å². The third-order valence-corrected chi connectivity index (χ3v) is 5.69. The Morgan fingerprint density at radius 3 is 2.68 bits per heavy atom. The SMILES string of the molecule is Cc1ccc2c(c1)C1CN(CCCC(=O)c3ccc(F)cc3)CCC1N2.Cl.Cl. The van der Waals surface area contributed by atoms with Gasteiger partial charge >= 0.3 is 0 Å². The number of hydrogen-bond acceptors (Lipinski definition) is 3. The maximum Gasteiger partial charge on any atom is 0.162 e. The minimum absolute atomic E-state index is 0. The number of hydrogen-bond donors (Lipinski definition) is 1. The van der Waals surface area contributed by atoms with Crippen molar-refractivity contribution in [2.45, 2.75) is 38.1 Å². The van der Waals surface area contributed by atoms with Crippen LogP contribution in [0.1, 0.15) is 46.7 Å². The maximum atomic E-state index is 13.0. The first-order valence-corrected chi connectivity index (χ1v) is 9.48. The van der Waals surface area contributed by atoms with Gasteiger partial charge in [0.1, 0.15) is 5.82 Å². The molecule has 0 amide bonds. The van der Waals surface area contributed by atoms with E-state index in [1.54, 1.807) is 12.1 Å². The fraction of sp³-hybridized carbons (Fsp3) is 0.409. The van der Waals surface area contributed by atoms with Gasteiger partial charge in [-0.1, -0.05) is 17.7 Å². The smallest absolute Gasteiger partial charge is 0.162 e. The number of benzene rings is 2. The van der Waals surface area contributed by atoms with Crippen LogP contribution in [0.25, 0.3) is 0 Å². The molecule has 2 aromatic rings. The van der Waals surface area contributed by atoms with Crippen molar-refractivity contribution in [3.05, 3.63) is 65.0 Å². The lowest BCUT2D eigenvalue weighted by atomic mass is 9.88. The van der Waals surface area contributed by atoms with Crippen molar-refractivity contribution in [1.82, 2.24) is 4.90 Å². The molecule has 3 nitrogen and oxygen atoms in total. The molecule has 6 heteroatoms. The molecule has 1 saturated heterocycles. The van der Waals surface area contributed by atoms with Gasteiger partial charge < -0.3 is 10.2 Å². The van der Waals surface area contributed by atoms with Crippen molar-refractivity contribution < 1.29 is 9.18 Å². The zero-order chi connectivity index (χ0) is 18.1. The number of anilines is 1. The molecule has 1 fully saturated rings. The fourth-order valence-corrected chi connectivity index (χ4v) is 4.27. The second-order valence-corrected chi connectivity index (χ2v) is 7.57. The topological polar surface area (TPSA) is 32.3 Å². The van der Waals surface area contributed by atoms with Crippen LogP contribution in [0.15, 0.2) is 42.5 Å². The van der Waals surface area contributed by atoms with E-state index in [4.69, 9.17) is 0 Å². The van der Waals surface area contributed by atoms with Crippen LogP contribution in [0.5, 0.6) is 0 Å². The van der Waals surface area contributed by atoms with Crippen LogP contribution in [-0.2, 0) is 0 Å². The summed E-state index contributed by atoms with van der Waals surface area (Å²) in [5.74, 6) is 0.347. The highest BCUT2D eigenvalue weighted by Gasteiger charge is 2.36. The summed E-state index contributed by atoms with van der Waals surface area (Å²) >= 11 is 0. The van der Waals surface area contributed by atoms with E-state index in [-0.39, 0.29) is 36.4 Å². The largest absolute Gasteiger partial charge is 0.381 e. The zero-order valence-corrected chi connectivity index (χ0v) is 17.6. The lowest BCUT2D eigenvalue weighted by Crippen LogP contribution is -2.42. The van der Waals surface area contributed by atoms with E-state index in [2.05, 4.69) is 35.3 Å². The van der Waals surface area contributed by atoms with Gasteiger partial charge in [0.25, 0.3) is 0 Å². The first-order chi connectivity index (χ1) is 12.6. The van der Waals surface area contributed by atoms with Crippen LogP contribution in [0.2, 0.25) is 0 Å². The number of nitrogens with one attached hydrogen (secondary N) is 1. The van der Waals surface area contributed by atoms with Crippen molar-refractivity contribution >= 4 is 36.3 Å². The molecule has 2 heterocycles. The highest BCUT2D eigenvalue weighted by Crippen LogP contribution is 2.40. The molecule has 0 saturated carbocycles. The molecule has 2 aromatic carbocycles. The zero-order valence-electron chi connectivity index (χ0n) is 16.0. The Labute approximate surface area is 178 Å². The van der Waals surface area contributed by atoms with Crippen LogP contribution in [-0.4, -0.2) is 36.4 Å². The summed E-state index contributed by atoms with van der Waals surface area (Å²) in [5, 5.41) is 3.67. The van der Waals surface area contributed by atoms with E-state index >= 15 is 0 Å². The molecule has 0 bridgehead atoms. The number of halogens is 3. The van der Waals surface area contributed by atoms with Crippen LogP contribution in [0.4, 0.5) is 10.1 Å². The van der Waals surface area contributed by atoms with E-state index < -0.39 is 0 Å². The molecule has 28 heavy (non-hydrogen) atoms. The Morgan fingerprint density at radius 2 is 1.93 bits per heavy atom. The highest BCUT2D eigenvalue weighted by molar-refractivity contribution is 5.95. The maximum absolute atomic E-state index is 13.0. The van der Waals surface area contributed by atoms with Crippen LogP contribution in [0.3, 0.4) is 0 Å². The number of fused-ring (bicyclic) bond motifs is 3. The van der Waals surface area contributed by atoms with Gasteiger partial charge in [-0.2, -0.15) is 0 Å². The second-order valence-electron chi connectivity index (χ2n) is 7.57. The highest BCUT2D eigenvalue weighted by atomic mass is 35.5. The van der Waals surface area contributed by atoms with E-state index in [0.717, 1.165) is 32.5 Å². The number of ketones is 1. The van der Waals surface area contributed by atoms with Gasteiger partial charge in [-0.15, -0.1) is 24.8 Å². The van der Waals surface area contributed by atoms with Gasteiger partial charge in [-0.3, -0.25) is 4.79 Å². The standard InChI is InChI=1S/C22H25FN2O.2ClH/c1-15-4-9-20-18(13-15)19-14-25(12-10-21(19)24-20)11-2-3-22(26)16-5-7-17(23)8-6-16;;/h4-9,13,19,21,24H,2-3,10-12,14H2,1H3;2*1H. The number of nitrogens with zero attached hydrogens (tertiary/aromatic N) is 1. The Bertz CT molecular complexity index is 813. The van der Waals surface area contributed by atoms with Crippen molar-refractivity contribution in [3.63, 3.8) is 0 Å². The number of Topliss-reactive ketones (excluding diaryl/α,β-unsaturated/α-hetero) is 1. The summed E-state index contributed by atoms with van der Waals surface area (Å²) < 4.78 is 13.0. The summed E-state index contributed by atoms with van der Waals surface area (Å²) in [6.07, 6.45) is 2.51. The molecule has 0 aromatic heterocycles. The van der Waals surface area contributed by atoms with Gasteiger partial charge in [0.15, 0.2) is 5.78 Å². The summed E-state index contributed by atoms with van der Waals surface area (Å²) in [7, 11) is 0. The number of piperidine rings is 1. The molecule has 1 N–H and O–H groups in total. The average Bonchev–Trinajstić information content (AvgIpc) is 2.99. The molecule has 2 aliphatic rings. The lowest BCUT2D eigenvalue weighted by Gasteiger charge is -2.35. The van der Waals surface area contributed by atoms with Gasteiger partial charge in [-0.25, -0.2) is 4.39 Å². The average molecular weight is 425 g/mol. The Balaban J connectivity index is 0.00000140. The van der Waals surface area contributed by atoms with Crippen LogP contribution < -0.4 is 5.32 Å². The number of rotatable bonds is 5. The Morgan fingerprint density at radius 1 is 1.18 bits per heavy atom. The van der Waals surface area contributed by atoms with Crippen LogP contribution >= 0.6 is 24.8 Å². The van der Waals surface area contributed by atoms with Gasteiger partial charge in [0.2, 0.25) is 0 Å². The fourth-order valence-electron chi connectivity index (χ4n) is 4.27. The molecular weight excluding hydrogens is 398 g/mol. The van der Waals surface area contributed by atoms with E-state index in [9.17, 15) is 9.18 Å². The predicted octanol–water partition coefficient (Wildman–Crippen LogP) is 5.22. The Kier molecular flexibility index (Phi) is 7.87. The second kappa shape index (κ2) is 9.73. The Hall–Kier alpha value is -1.62. The summed E-state index contributed by atoms with van der Waals surface area (Å²) in [6, 6.07) is 13.1. The number of aryl methyl sites for hydroxylation is 1. The van der Waals surface area contributed by atoms with Crippen molar-refractivity contribution in [1.29, 1.82) is 0 Å². The third-order valence-electron chi connectivity index (χ3n) is 5.69. The molecule has 2 atom stereocenters. The van der Waals surface area contributed by atoms with Crippen molar-refractivity contribution in [2.75, 3.05) is 25.0 Å². The molecular formula is C22H27Cl2FN2O. The number of carbonyl (C=O) groups is 1. The first kappa shape index (κ1) is 22.7. The molecule has 2 unspecified atom stereocenters. The van der Waals surface area contributed by atoms with Crippen molar-refractivity contribution in [2.24, 2.45) is 0 Å². The molecule has 4 rings (SSSR count). The molecule has 0 radical (unpaired) electrons. The number of carbonyl (C=O) groups excluding carboxylic acids is 1. The van der Waals surface area contributed by atoms with Gasteiger partial charge in [0, 0.05) is 42.7 Å². The first-order valence-electron chi connectivity index (χ1n) is 9.48. The minimum atomic E-state index is -0.301. The normalized spacial score (nSPS) is 20.2. The van der Waals surface area contributed by atoms with Crippen molar-refractivity contribution in [3.8, 4) is 0 Å². The summed E-state index contributed by atoms with van der Waals surface area (Å²) in [5.41, 5.74) is 4.66. The minimum Gasteiger partial charge on any atom is -0.381 e. The lowest BCUT2D eigenvalue weighted by molar-refractivity contribution is 0.0971. The predicted molar refractivity (Wildman–Crippen MR) is 117 cm³/mol. The van der Waals surface area contributed by atoms with E-state index in [1.165, 1.54) is 28.9 Å². The summed E-state index contributed by atoms with van der Waals surface area (Å²) in [4.78, 5) is 14.7. The van der Waals surface area contributed by atoms with Crippen LogP contribution in [0, 0.1) is 12.7 Å². The molecule has 2 aliphatic heterocycles. The molecule has 0 aliphatic carbocycles. The molecule has 0 spiro atoms. The van der Waals surface area contributed by atoms with Gasteiger partial charge in [-0.05, 0) is 62.2 Å². The monoisotopic (exact) mass is 424 g/mol. The molecule has 152 valence electrons. The number of likely N-dealkylation sites (tertiary alicyclic amines) is 1. The van der Waals surface area contributed by atoms with E-state index in [0.29, 0.717) is 23.9 Å². The summed E-state index contributed by atoms with van der Waals surface area (Å²) in [6.45, 7) is 5.22. The third kappa shape index (κ3) is 4.86. The van der Waals surface area contributed by atoms with E-state index in [1.807, 2.05) is 0 Å². The quantitative estimate of drug-likeness (QED) is 0.667.